The van der Waals surface area contributed by atoms with Gasteiger partial charge in [-0.05, 0) is 49.7 Å². The summed E-state index contributed by atoms with van der Waals surface area (Å²) in [5, 5.41) is 7.11. The van der Waals surface area contributed by atoms with Crippen molar-refractivity contribution >= 4 is 42.3 Å². The van der Waals surface area contributed by atoms with Crippen molar-refractivity contribution in [1.29, 1.82) is 0 Å². The second-order valence-corrected chi connectivity index (χ2v) is 7.27. The topological polar surface area (TPSA) is 63.2 Å². The average Bonchev–Trinajstić information content (AvgIpc) is 2.68. The molecule has 3 rings (SSSR count). The van der Waals surface area contributed by atoms with Crippen molar-refractivity contribution in [2.24, 2.45) is 5.41 Å². The van der Waals surface area contributed by atoms with E-state index in [0.29, 0.717) is 23.7 Å². The number of nitrogens with one attached hydrogen (secondary N) is 2. The fraction of sp³-hybridized carbons (Fsp3) is 0.400. The van der Waals surface area contributed by atoms with E-state index in [2.05, 4.69) is 15.6 Å². The number of carbonyl (C=O) groups is 1. The molecule has 1 aliphatic rings. The molecule has 1 aliphatic heterocycles. The third-order valence-corrected chi connectivity index (χ3v) is 5.17. The van der Waals surface area contributed by atoms with Gasteiger partial charge in [0.1, 0.15) is 0 Å². The molecular weight excluding hydrogens is 421 g/mol. The number of halogens is 3. The zero-order valence-electron chi connectivity index (χ0n) is 15.7. The molecule has 1 aromatic carbocycles. The van der Waals surface area contributed by atoms with Crippen molar-refractivity contribution in [3.63, 3.8) is 0 Å². The van der Waals surface area contributed by atoms with Gasteiger partial charge in [-0.2, -0.15) is 0 Å². The summed E-state index contributed by atoms with van der Waals surface area (Å²) in [5.74, 6) is -0.109. The zero-order chi connectivity index (χ0) is 18.4. The van der Waals surface area contributed by atoms with E-state index in [1.807, 2.05) is 30.3 Å². The highest BCUT2D eigenvalue weighted by Crippen LogP contribution is 2.28. The smallest absolute Gasteiger partial charge is 0.252 e. The lowest BCUT2D eigenvalue weighted by atomic mass is 9.79. The second-order valence-electron chi connectivity index (χ2n) is 6.83. The first-order chi connectivity index (χ1) is 12.6. The van der Waals surface area contributed by atoms with Crippen molar-refractivity contribution in [2.75, 3.05) is 33.4 Å². The monoisotopic (exact) mass is 445 g/mol. The van der Waals surface area contributed by atoms with Crippen LogP contribution in [-0.2, 0) is 4.74 Å². The number of amides is 1. The zero-order valence-corrected chi connectivity index (χ0v) is 18.1. The molecule has 2 N–H and O–H groups in total. The van der Waals surface area contributed by atoms with Gasteiger partial charge in [0.2, 0.25) is 0 Å². The van der Waals surface area contributed by atoms with E-state index in [1.165, 1.54) is 0 Å². The van der Waals surface area contributed by atoms with Crippen molar-refractivity contribution in [3.05, 3.63) is 53.3 Å². The van der Waals surface area contributed by atoms with E-state index in [1.54, 1.807) is 19.5 Å². The van der Waals surface area contributed by atoms with Crippen LogP contribution in [0.25, 0.3) is 11.1 Å². The van der Waals surface area contributed by atoms with E-state index in [4.69, 9.17) is 16.3 Å². The number of rotatable bonds is 6. The Labute approximate surface area is 183 Å². The summed E-state index contributed by atoms with van der Waals surface area (Å²) in [7, 11) is 1.71. The number of hydrogen-bond donors (Lipinski definition) is 2. The van der Waals surface area contributed by atoms with Gasteiger partial charge in [-0.25, -0.2) is 0 Å². The number of benzene rings is 1. The van der Waals surface area contributed by atoms with Crippen LogP contribution >= 0.6 is 36.4 Å². The number of aromatic nitrogens is 1. The molecule has 2 aromatic rings. The minimum absolute atomic E-state index is 0. The first-order valence-electron chi connectivity index (χ1n) is 8.81. The van der Waals surface area contributed by atoms with Gasteiger partial charge in [-0.15, -0.1) is 24.8 Å². The van der Waals surface area contributed by atoms with Crippen LogP contribution in [0.4, 0.5) is 0 Å². The van der Waals surface area contributed by atoms with E-state index >= 15 is 0 Å². The Bertz CT molecular complexity index is 745. The first kappa shape index (κ1) is 24.7. The lowest BCUT2D eigenvalue weighted by molar-refractivity contribution is 0.0511. The number of methoxy groups -OCH3 is 1. The molecule has 8 heteroatoms. The van der Waals surface area contributed by atoms with Gasteiger partial charge >= 0.3 is 0 Å². The maximum absolute atomic E-state index is 12.6. The number of ether oxygens (including phenoxy) is 1. The minimum atomic E-state index is -0.109. The molecule has 1 fully saturated rings. The summed E-state index contributed by atoms with van der Waals surface area (Å²) >= 11 is 5.94. The van der Waals surface area contributed by atoms with E-state index in [-0.39, 0.29) is 36.1 Å². The van der Waals surface area contributed by atoms with Gasteiger partial charge in [0.05, 0.1) is 12.2 Å². The third kappa shape index (κ3) is 6.33. The molecule has 0 spiro atoms. The van der Waals surface area contributed by atoms with Crippen LogP contribution < -0.4 is 10.6 Å². The van der Waals surface area contributed by atoms with E-state index in [9.17, 15) is 4.79 Å². The molecular formula is C20H26Cl3N3O2. The molecule has 5 nitrogen and oxygen atoms in total. The van der Waals surface area contributed by atoms with Gasteiger partial charge in [-0.1, -0.05) is 23.7 Å². The summed E-state index contributed by atoms with van der Waals surface area (Å²) in [6.45, 7) is 3.16. The minimum Gasteiger partial charge on any atom is -0.384 e. The molecule has 2 heterocycles. The number of piperidine rings is 1. The molecule has 1 saturated heterocycles. The van der Waals surface area contributed by atoms with Crippen LogP contribution in [0.5, 0.6) is 0 Å². The Morgan fingerprint density at radius 1 is 1.18 bits per heavy atom. The maximum atomic E-state index is 12.6. The predicted molar refractivity (Wildman–Crippen MR) is 118 cm³/mol. The normalized spacial score (nSPS) is 15.1. The predicted octanol–water partition coefficient (Wildman–Crippen LogP) is 3.99. The van der Waals surface area contributed by atoms with Gasteiger partial charge in [-0.3, -0.25) is 9.78 Å². The molecule has 28 heavy (non-hydrogen) atoms. The van der Waals surface area contributed by atoms with Crippen molar-refractivity contribution in [2.45, 2.75) is 12.8 Å². The summed E-state index contributed by atoms with van der Waals surface area (Å²) in [4.78, 5) is 16.9. The third-order valence-electron chi connectivity index (χ3n) is 4.92. The van der Waals surface area contributed by atoms with E-state index in [0.717, 1.165) is 37.1 Å². The Kier molecular flexibility index (Phi) is 10.2. The Morgan fingerprint density at radius 3 is 2.50 bits per heavy atom. The Morgan fingerprint density at radius 2 is 1.86 bits per heavy atom. The van der Waals surface area contributed by atoms with Gasteiger partial charge in [0.25, 0.3) is 5.91 Å². The summed E-state index contributed by atoms with van der Waals surface area (Å²) < 4.78 is 5.41. The lowest BCUT2D eigenvalue weighted by Crippen LogP contribution is -2.47. The van der Waals surface area contributed by atoms with Crippen molar-refractivity contribution < 1.29 is 9.53 Å². The summed E-state index contributed by atoms with van der Waals surface area (Å²) in [5.41, 5.74) is 2.42. The molecule has 0 atom stereocenters. The average molecular weight is 447 g/mol. The lowest BCUT2D eigenvalue weighted by Gasteiger charge is -2.37. The van der Waals surface area contributed by atoms with Crippen molar-refractivity contribution in [3.8, 4) is 11.1 Å². The fourth-order valence-corrected chi connectivity index (χ4v) is 3.50. The molecule has 0 radical (unpaired) electrons. The molecule has 0 saturated carbocycles. The van der Waals surface area contributed by atoms with Crippen LogP contribution in [0.15, 0.2) is 42.7 Å². The number of hydrogen-bond acceptors (Lipinski definition) is 4. The van der Waals surface area contributed by atoms with Crippen LogP contribution in [-0.4, -0.2) is 44.2 Å². The van der Waals surface area contributed by atoms with Crippen molar-refractivity contribution in [1.82, 2.24) is 15.6 Å². The number of nitrogens with zero attached hydrogens (tertiary/aromatic N) is 1. The van der Waals surface area contributed by atoms with Crippen LogP contribution in [0.1, 0.15) is 23.2 Å². The molecule has 0 bridgehead atoms. The highest BCUT2D eigenvalue weighted by molar-refractivity contribution is 6.30. The first-order valence-corrected chi connectivity index (χ1v) is 9.19. The summed E-state index contributed by atoms with van der Waals surface area (Å²) in [6.07, 6.45) is 5.33. The van der Waals surface area contributed by atoms with Crippen LogP contribution in [0.3, 0.4) is 0 Å². The SMILES string of the molecule is COCC1(CNC(=O)c2cncc(-c3ccc(Cl)cc3)c2)CCNCC1.Cl.Cl. The number of carbonyl (C=O) groups excluding carboxylic acids is 1. The van der Waals surface area contributed by atoms with Crippen LogP contribution in [0, 0.1) is 5.41 Å². The molecule has 0 unspecified atom stereocenters. The van der Waals surface area contributed by atoms with Crippen LogP contribution in [0.2, 0.25) is 5.02 Å². The standard InChI is InChI=1S/C20H24ClN3O2.2ClH/c1-26-14-20(6-8-22-9-7-20)13-24-19(25)17-10-16(11-23-12-17)15-2-4-18(21)5-3-15;;/h2-5,10-12,22H,6-9,13-14H2,1H3,(H,24,25);2*1H. The Balaban J connectivity index is 0.00000196. The number of pyridine rings is 1. The largest absolute Gasteiger partial charge is 0.384 e. The highest BCUT2D eigenvalue weighted by atomic mass is 35.5. The second kappa shape index (κ2) is 11.6. The van der Waals surface area contributed by atoms with E-state index < -0.39 is 0 Å². The molecule has 1 aromatic heterocycles. The van der Waals surface area contributed by atoms with Gasteiger partial charge < -0.3 is 15.4 Å². The molecule has 0 aliphatic carbocycles. The van der Waals surface area contributed by atoms with Gasteiger partial charge in [0.15, 0.2) is 0 Å². The van der Waals surface area contributed by atoms with Gasteiger partial charge in [0, 0.05) is 42.0 Å². The maximum Gasteiger partial charge on any atom is 0.252 e. The highest BCUT2D eigenvalue weighted by Gasteiger charge is 2.32. The fourth-order valence-electron chi connectivity index (χ4n) is 3.37. The quantitative estimate of drug-likeness (QED) is 0.704. The molecule has 1 amide bonds. The Hall–Kier alpha value is -1.37. The summed E-state index contributed by atoms with van der Waals surface area (Å²) in [6, 6.07) is 9.36. The molecule has 154 valence electrons.